The van der Waals surface area contributed by atoms with Crippen LogP contribution in [0.5, 0.6) is 0 Å². The predicted molar refractivity (Wildman–Crippen MR) is 99.3 cm³/mol. The molecule has 6 heteroatoms. The Morgan fingerprint density at radius 1 is 1.19 bits per heavy atom. The number of hydrogen-bond donors (Lipinski definition) is 1. The lowest BCUT2D eigenvalue weighted by atomic mass is 9.92. The van der Waals surface area contributed by atoms with Gasteiger partial charge >= 0.3 is 0 Å². The summed E-state index contributed by atoms with van der Waals surface area (Å²) < 4.78 is 1.57. The summed E-state index contributed by atoms with van der Waals surface area (Å²) in [7, 11) is 0. The lowest BCUT2D eigenvalue weighted by Gasteiger charge is -2.16. The molecule has 0 aliphatic heterocycles. The van der Waals surface area contributed by atoms with Crippen molar-refractivity contribution in [2.24, 2.45) is 0 Å². The van der Waals surface area contributed by atoms with Gasteiger partial charge in [-0.2, -0.15) is 0 Å². The molecule has 6 nitrogen and oxygen atoms in total. The molecule has 1 aliphatic carbocycles. The number of fused-ring (bicyclic) bond motifs is 1. The number of nitrogens with zero attached hydrogens (tertiary/aromatic N) is 4. The van der Waals surface area contributed by atoms with E-state index in [1.54, 1.807) is 23.1 Å². The smallest absolute Gasteiger partial charge is 0.250 e. The summed E-state index contributed by atoms with van der Waals surface area (Å²) >= 11 is 0. The number of aromatic nitrogens is 4. The van der Waals surface area contributed by atoms with E-state index in [0.717, 1.165) is 36.9 Å². The van der Waals surface area contributed by atoms with E-state index in [0.29, 0.717) is 11.8 Å². The fourth-order valence-electron chi connectivity index (χ4n) is 3.45. The molecule has 0 spiro atoms. The molecule has 4 rings (SSSR count). The summed E-state index contributed by atoms with van der Waals surface area (Å²) in [5, 5.41) is 7.35. The molecule has 2 aromatic heterocycles. The van der Waals surface area contributed by atoms with Crippen LogP contribution in [0.15, 0.2) is 48.8 Å². The summed E-state index contributed by atoms with van der Waals surface area (Å²) in [4.78, 5) is 21.4. The van der Waals surface area contributed by atoms with Crippen LogP contribution in [0.25, 0.3) is 5.95 Å². The second-order valence-corrected chi connectivity index (χ2v) is 6.63. The summed E-state index contributed by atoms with van der Waals surface area (Å²) in [5.41, 5.74) is 3.29. The Labute approximate surface area is 152 Å². The van der Waals surface area contributed by atoms with Gasteiger partial charge in [0, 0.05) is 24.2 Å². The largest absolute Gasteiger partial charge is 0.309 e. The maximum absolute atomic E-state index is 12.9. The molecule has 0 saturated heterocycles. The standard InChI is InChI=1S/C20H21N5O/c1-14-10-12-21-20(22-14)25-13-11-18(24-25)23-19(26)17-9-5-3-7-15-6-2-4-8-16(15)17/h2,4,6,8,10-13,17H,3,5,7,9H2,1H3,(H,23,24,26). The number of amides is 1. The Bertz CT molecular complexity index is 933. The van der Waals surface area contributed by atoms with Gasteiger partial charge in [-0.1, -0.05) is 30.7 Å². The number of nitrogens with one attached hydrogen (secondary N) is 1. The van der Waals surface area contributed by atoms with Gasteiger partial charge in [0.2, 0.25) is 5.91 Å². The van der Waals surface area contributed by atoms with Crippen LogP contribution in [0, 0.1) is 6.92 Å². The van der Waals surface area contributed by atoms with Gasteiger partial charge in [-0.25, -0.2) is 14.6 Å². The van der Waals surface area contributed by atoms with E-state index in [1.807, 2.05) is 25.1 Å². The molecule has 0 bridgehead atoms. The number of carbonyl (C=O) groups excluding carboxylic acids is 1. The molecule has 1 aliphatic rings. The molecule has 0 radical (unpaired) electrons. The van der Waals surface area contributed by atoms with E-state index < -0.39 is 0 Å². The van der Waals surface area contributed by atoms with Crippen LogP contribution in [0.2, 0.25) is 0 Å². The summed E-state index contributed by atoms with van der Waals surface area (Å²) in [6, 6.07) is 11.9. The van der Waals surface area contributed by atoms with Gasteiger partial charge in [0.15, 0.2) is 5.82 Å². The SMILES string of the molecule is Cc1ccnc(-n2ccc(NC(=O)C3CCCCc4ccccc43)n2)n1. The van der Waals surface area contributed by atoms with Gasteiger partial charge in [-0.15, -0.1) is 5.10 Å². The van der Waals surface area contributed by atoms with Gasteiger partial charge in [-0.05, 0) is 43.4 Å². The number of anilines is 1. The highest BCUT2D eigenvalue weighted by Gasteiger charge is 2.25. The Balaban J connectivity index is 1.54. The van der Waals surface area contributed by atoms with E-state index in [2.05, 4.69) is 32.5 Å². The van der Waals surface area contributed by atoms with Crippen LogP contribution < -0.4 is 5.32 Å². The number of hydrogen-bond acceptors (Lipinski definition) is 4. The normalized spacial score (nSPS) is 16.6. The number of benzene rings is 1. The topological polar surface area (TPSA) is 72.7 Å². The van der Waals surface area contributed by atoms with Gasteiger partial charge < -0.3 is 5.32 Å². The van der Waals surface area contributed by atoms with Gasteiger partial charge in [-0.3, -0.25) is 4.79 Å². The molecular formula is C20H21N5O. The highest BCUT2D eigenvalue weighted by atomic mass is 16.2. The zero-order valence-corrected chi connectivity index (χ0v) is 14.7. The van der Waals surface area contributed by atoms with E-state index in [4.69, 9.17) is 0 Å². The molecule has 1 aromatic carbocycles. The number of rotatable bonds is 3. The average Bonchev–Trinajstić information content (AvgIpc) is 3.00. The fourth-order valence-corrected chi connectivity index (χ4v) is 3.45. The summed E-state index contributed by atoms with van der Waals surface area (Å²) in [6.07, 6.45) is 7.54. The van der Waals surface area contributed by atoms with Crippen molar-refractivity contribution in [3.63, 3.8) is 0 Å². The van der Waals surface area contributed by atoms with Crippen molar-refractivity contribution in [1.82, 2.24) is 19.7 Å². The van der Waals surface area contributed by atoms with E-state index in [9.17, 15) is 4.79 Å². The Kier molecular flexibility index (Phi) is 4.48. The van der Waals surface area contributed by atoms with Crippen LogP contribution >= 0.6 is 0 Å². The monoisotopic (exact) mass is 347 g/mol. The first-order valence-electron chi connectivity index (χ1n) is 8.95. The zero-order valence-electron chi connectivity index (χ0n) is 14.7. The van der Waals surface area contributed by atoms with Crippen LogP contribution in [0.4, 0.5) is 5.82 Å². The lowest BCUT2D eigenvalue weighted by molar-refractivity contribution is -0.117. The molecule has 26 heavy (non-hydrogen) atoms. The highest BCUT2D eigenvalue weighted by Crippen LogP contribution is 2.31. The van der Waals surface area contributed by atoms with Crippen LogP contribution in [0.3, 0.4) is 0 Å². The van der Waals surface area contributed by atoms with Crippen molar-refractivity contribution in [1.29, 1.82) is 0 Å². The molecule has 132 valence electrons. The molecule has 3 aromatic rings. The quantitative estimate of drug-likeness (QED) is 0.737. The fraction of sp³-hybridized carbons (Fsp3) is 0.300. The third-order valence-electron chi connectivity index (χ3n) is 4.76. The maximum Gasteiger partial charge on any atom is 0.250 e. The summed E-state index contributed by atoms with van der Waals surface area (Å²) in [5.74, 6) is 0.871. The Hall–Kier alpha value is -3.02. The third-order valence-corrected chi connectivity index (χ3v) is 4.76. The second kappa shape index (κ2) is 7.07. The third kappa shape index (κ3) is 3.35. The number of carbonyl (C=O) groups is 1. The van der Waals surface area contributed by atoms with Crippen molar-refractivity contribution in [2.75, 3.05) is 5.32 Å². The van der Waals surface area contributed by atoms with Crippen molar-refractivity contribution in [3.05, 3.63) is 65.6 Å². The minimum absolute atomic E-state index is 0.00485. The first kappa shape index (κ1) is 16.4. The molecule has 0 saturated carbocycles. The molecule has 1 N–H and O–H groups in total. The van der Waals surface area contributed by atoms with Crippen molar-refractivity contribution < 1.29 is 4.79 Å². The lowest BCUT2D eigenvalue weighted by Crippen LogP contribution is -2.22. The van der Waals surface area contributed by atoms with Crippen molar-refractivity contribution in [3.8, 4) is 5.95 Å². The molecule has 2 heterocycles. The second-order valence-electron chi connectivity index (χ2n) is 6.63. The predicted octanol–water partition coefficient (Wildman–Crippen LogP) is 3.42. The van der Waals surface area contributed by atoms with Gasteiger partial charge in [0.05, 0.1) is 5.92 Å². The number of aryl methyl sites for hydroxylation is 2. The van der Waals surface area contributed by atoms with Gasteiger partial charge in [0.1, 0.15) is 0 Å². The maximum atomic E-state index is 12.9. The highest BCUT2D eigenvalue weighted by molar-refractivity contribution is 5.95. The van der Waals surface area contributed by atoms with E-state index >= 15 is 0 Å². The van der Waals surface area contributed by atoms with Crippen LogP contribution in [-0.4, -0.2) is 25.7 Å². The van der Waals surface area contributed by atoms with Gasteiger partial charge in [0.25, 0.3) is 5.95 Å². The minimum Gasteiger partial charge on any atom is -0.309 e. The minimum atomic E-state index is -0.130. The van der Waals surface area contributed by atoms with Crippen molar-refractivity contribution >= 4 is 11.7 Å². The first-order valence-corrected chi connectivity index (χ1v) is 8.95. The Morgan fingerprint density at radius 3 is 2.96 bits per heavy atom. The first-order chi connectivity index (χ1) is 12.7. The van der Waals surface area contributed by atoms with Crippen LogP contribution in [-0.2, 0) is 11.2 Å². The average molecular weight is 347 g/mol. The molecular weight excluding hydrogens is 326 g/mol. The molecule has 1 amide bonds. The molecule has 0 fully saturated rings. The molecule has 1 unspecified atom stereocenters. The van der Waals surface area contributed by atoms with Crippen molar-refractivity contribution in [2.45, 2.75) is 38.5 Å². The van der Waals surface area contributed by atoms with Crippen LogP contribution in [0.1, 0.15) is 42.0 Å². The summed E-state index contributed by atoms with van der Waals surface area (Å²) in [6.45, 7) is 1.90. The Morgan fingerprint density at radius 2 is 2.08 bits per heavy atom. The molecule has 1 atom stereocenters. The zero-order chi connectivity index (χ0) is 17.9. The van der Waals surface area contributed by atoms with E-state index in [-0.39, 0.29) is 11.8 Å². The van der Waals surface area contributed by atoms with E-state index in [1.165, 1.54) is 5.56 Å².